The Hall–Kier alpha value is -0.660. The molecule has 16 heavy (non-hydrogen) atoms. The number of fused-ring (bicyclic) bond motifs is 1. The number of hydrogen-bond donors (Lipinski definition) is 2. The quantitative estimate of drug-likeness (QED) is 0.675. The first kappa shape index (κ1) is 11.8. The van der Waals surface area contributed by atoms with Crippen molar-refractivity contribution in [1.82, 2.24) is 9.62 Å². The van der Waals surface area contributed by atoms with Crippen LogP contribution in [0.4, 0.5) is 0 Å². The molecular weight excluding hydrogens is 232 g/mol. The maximum atomic E-state index is 11.9. The number of carboxylic acids is 1. The lowest BCUT2D eigenvalue weighted by atomic mass is 9.94. The molecule has 0 aliphatic carbocycles. The van der Waals surface area contributed by atoms with Gasteiger partial charge < -0.3 is 10.4 Å². The highest BCUT2D eigenvalue weighted by molar-refractivity contribution is 7.89. The van der Waals surface area contributed by atoms with Crippen LogP contribution in [0, 0.1) is 5.92 Å². The first-order valence-corrected chi connectivity index (χ1v) is 7.03. The maximum Gasteiger partial charge on any atom is 0.320 e. The number of aliphatic carboxylic acids is 1. The van der Waals surface area contributed by atoms with E-state index in [1.54, 1.807) is 0 Å². The van der Waals surface area contributed by atoms with Crippen LogP contribution in [0.2, 0.25) is 0 Å². The smallest absolute Gasteiger partial charge is 0.320 e. The summed E-state index contributed by atoms with van der Waals surface area (Å²) in [6.45, 7) is 1.94. The summed E-state index contributed by atoms with van der Waals surface area (Å²) >= 11 is 0. The average Bonchev–Trinajstić information content (AvgIpc) is 2.62. The molecule has 0 saturated carbocycles. The van der Waals surface area contributed by atoms with Crippen molar-refractivity contribution in [2.75, 3.05) is 25.4 Å². The zero-order valence-electron chi connectivity index (χ0n) is 8.92. The summed E-state index contributed by atoms with van der Waals surface area (Å²) in [5.74, 6) is -1.73. The van der Waals surface area contributed by atoms with Crippen LogP contribution in [0.1, 0.15) is 12.8 Å². The second-order valence-corrected chi connectivity index (χ2v) is 6.31. The molecule has 0 bridgehead atoms. The van der Waals surface area contributed by atoms with Crippen molar-refractivity contribution in [3.8, 4) is 0 Å². The Balaban J connectivity index is 2.16. The van der Waals surface area contributed by atoms with Crippen LogP contribution in [0.5, 0.6) is 0 Å². The van der Waals surface area contributed by atoms with Crippen molar-refractivity contribution >= 4 is 16.0 Å². The topological polar surface area (TPSA) is 86.7 Å². The van der Waals surface area contributed by atoms with Crippen molar-refractivity contribution < 1.29 is 18.3 Å². The molecule has 2 saturated heterocycles. The zero-order valence-corrected chi connectivity index (χ0v) is 9.74. The van der Waals surface area contributed by atoms with Crippen molar-refractivity contribution in [2.45, 2.75) is 18.9 Å². The van der Waals surface area contributed by atoms with Crippen molar-refractivity contribution in [1.29, 1.82) is 0 Å². The van der Waals surface area contributed by atoms with E-state index >= 15 is 0 Å². The highest BCUT2D eigenvalue weighted by Gasteiger charge is 2.41. The van der Waals surface area contributed by atoms with Gasteiger partial charge in [0.05, 0.1) is 0 Å². The fraction of sp³-hybridized carbons (Fsp3) is 0.889. The summed E-state index contributed by atoms with van der Waals surface area (Å²) in [6, 6.07) is -0.0434. The molecule has 2 rings (SSSR count). The third-order valence-corrected chi connectivity index (χ3v) is 5.07. The van der Waals surface area contributed by atoms with Crippen LogP contribution >= 0.6 is 0 Å². The molecule has 2 fully saturated rings. The number of carbonyl (C=O) groups is 1. The molecule has 0 aromatic carbocycles. The van der Waals surface area contributed by atoms with E-state index in [-0.39, 0.29) is 6.04 Å². The lowest BCUT2D eigenvalue weighted by Gasteiger charge is -2.35. The van der Waals surface area contributed by atoms with Crippen LogP contribution < -0.4 is 5.32 Å². The molecule has 6 nitrogen and oxygen atoms in total. The first-order valence-electron chi connectivity index (χ1n) is 5.43. The number of sulfonamides is 1. The predicted molar refractivity (Wildman–Crippen MR) is 57.5 cm³/mol. The maximum absolute atomic E-state index is 11.9. The van der Waals surface area contributed by atoms with Gasteiger partial charge in [-0.05, 0) is 25.3 Å². The molecule has 2 heterocycles. The van der Waals surface area contributed by atoms with E-state index in [0.717, 1.165) is 19.4 Å². The van der Waals surface area contributed by atoms with Gasteiger partial charge in [0, 0.05) is 19.1 Å². The molecule has 2 unspecified atom stereocenters. The third kappa shape index (κ3) is 2.21. The molecule has 2 aliphatic rings. The minimum atomic E-state index is -3.64. The third-order valence-electron chi connectivity index (χ3n) is 3.29. The second kappa shape index (κ2) is 4.31. The normalized spacial score (nSPS) is 31.2. The van der Waals surface area contributed by atoms with E-state index in [1.165, 1.54) is 4.31 Å². The highest BCUT2D eigenvalue weighted by Crippen LogP contribution is 2.28. The lowest BCUT2D eigenvalue weighted by molar-refractivity contribution is -0.134. The molecule has 2 N–H and O–H groups in total. The molecule has 2 aliphatic heterocycles. The lowest BCUT2D eigenvalue weighted by Crippen LogP contribution is -2.49. The molecule has 0 spiro atoms. The molecule has 2 atom stereocenters. The molecule has 7 heteroatoms. The molecule has 92 valence electrons. The minimum Gasteiger partial charge on any atom is -0.480 e. The largest absolute Gasteiger partial charge is 0.480 e. The van der Waals surface area contributed by atoms with Crippen molar-refractivity contribution in [2.24, 2.45) is 5.92 Å². The van der Waals surface area contributed by atoms with Gasteiger partial charge in [-0.2, -0.15) is 4.31 Å². The van der Waals surface area contributed by atoms with Crippen LogP contribution in [0.25, 0.3) is 0 Å². The van der Waals surface area contributed by atoms with E-state index in [4.69, 9.17) is 5.11 Å². The van der Waals surface area contributed by atoms with Gasteiger partial charge in [-0.1, -0.05) is 0 Å². The Labute approximate surface area is 94.7 Å². The summed E-state index contributed by atoms with van der Waals surface area (Å²) in [7, 11) is -3.64. The summed E-state index contributed by atoms with van der Waals surface area (Å²) in [5, 5.41) is 11.8. The molecule has 0 aromatic rings. The van der Waals surface area contributed by atoms with Gasteiger partial charge in [0.25, 0.3) is 0 Å². The Bertz CT molecular complexity index is 381. The number of rotatable bonds is 3. The Morgan fingerprint density at radius 3 is 2.88 bits per heavy atom. The highest BCUT2D eigenvalue weighted by atomic mass is 32.2. The zero-order chi connectivity index (χ0) is 11.8. The number of carboxylic acid groups (broad SMARTS) is 1. The van der Waals surface area contributed by atoms with Crippen molar-refractivity contribution in [3.05, 3.63) is 0 Å². The molecule has 0 aromatic heterocycles. The van der Waals surface area contributed by atoms with E-state index < -0.39 is 21.7 Å². The Kier molecular flexibility index (Phi) is 3.18. The van der Waals surface area contributed by atoms with E-state index in [9.17, 15) is 13.2 Å². The monoisotopic (exact) mass is 248 g/mol. The van der Waals surface area contributed by atoms with Crippen LogP contribution in [-0.2, 0) is 14.8 Å². The van der Waals surface area contributed by atoms with Gasteiger partial charge in [-0.15, -0.1) is 0 Å². The molecule has 0 amide bonds. The van der Waals surface area contributed by atoms with Gasteiger partial charge in [0.2, 0.25) is 10.0 Å². The number of hydrogen-bond acceptors (Lipinski definition) is 4. The fourth-order valence-electron chi connectivity index (χ4n) is 2.61. The van der Waals surface area contributed by atoms with Crippen LogP contribution in [-0.4, -0.2) is 55.2 Å². The Morgan fingerprint density at radius 2 is 2.19 bits per heavy atom. The molecule has 0 radical (unpaired) electrons. The SMILES string of the molecule is O=C(O)CS(=O)(=O)N1CCCC2CNCC21. The summed E-state index contributed by atoms with van der Waals surface area (Å²) in [6.07, 6.45) is 1.85. The van der Waals surface area contributed by atoms with Crippen LogP contribution in [0.3, 0.4) is 0 Å². The van der Waals surface area contributed by atoms with E-state index in [0.29, 0.717) is 19.0 Å². The standard InChI is InChI=1S/C9H16N2O4S/c12-9(13)6-16(14,15)11-3-1-2-7-4-10-5-8(7)11/h7-8,10H,1-6H2,(H,12,13). The van der Waals surface area contributed by atoms with E-state index in [1.807, 2.05) is 0 Å². The number of piperidine rings is 1. The molecular formula is C9H16N2O4S. The summed E-state index contributed by atoms with van der Waals surface area (Å²) in [4.78, 5) is 10.5. The number of nitrogens with zero attached hydrogens (tertiary/aromatic N) is 1. The first-order chi connectivity index (χ1) is 7.50. The van der Waals surface area contributed by atoms with Gasteiger partial charge in [-0.3, -0.25) is 4.79 Å². The predicted octanol–water partition coefficient (Wildman–Crippen LogP) is -0.915. The number of nitrogens with one attached hydrogen (secondary N) is 1. The van der Waals surface area contributed by atoms with Gasteiger partial charge >= 0.3 is 5.97 Å². The van der Waals surface area contributed by atoms with Gasteiger partial charge in [0.15, 0.2) is 5.75 Å². The average molecular weight is 248 g/mol. The fourth-order valence-corrected chi connectivity index (χ4v) is 4.15. The summed E-state index contributed by atoms with van der Waals surface area (Å²) < 4.78 is 25.1. The second-order valence-electron chi connectivity index (χ2n) is 4.39. The van der Waals surface area contributed by atoms with E-state index in [2.05, 4.69) is 5.32 Å². The van der Waals surface area contributed by atoms with Crippen molar-refractivity contribution in [3.63, 3.8) is 0 Å². The van der Waals surface area contributed by atoms with Gasteiger partial charge in [0.1, 0.15) is 0 Å². The van der Waals surface area contributed by atoms with Gasteiger partial charge in [-0.25, -0.2) is 8.42 Å². The van der Waals surface area contributed by atoms with Crippen LogP contribution in [0.15, 0.2) is 0 Å². The Morgan fingerprint density at radius 1 is 1.44 bits per heavy atom. The summed E-state index contributed by atoms with van der Waals surface area (Å²) in [5.41, 5.74) is 0. The minimum absolute atomic E-state index is 0.0434.